The lowest BCUT2D eigenvalue weighted by molar-refractivity contribution is -0.149. The lowest BCUT2D eigenvalue weighted by Gasteiger charge is -2.14. The van der Waals surface area contributed by atoms with Gasteiger partial charge in [-0.25, -0.2) is 4.79 Å². The summed E-state index contributed by atoms with van der Waals surface area (Å²) in [5.74, 6) is 0.173. The van der Waals surface area contributed by atoms with E-state index in [9.17, 15) is 4.79 Å². The van der Waals surface area contributed by atoms with E-state index < -0.39 is 5.97 Å². The van der Waals surface area contributed by atoms with Gasteiger partial charge in [-0.15, -0.1) is 0 Å². The molecule has 0 spiro atoms. The normalized spacial score (nSPS) is 12.3. The molecule has 0 heterocycles. The predicted octanol–water partition coefficient (Wildman–Crippen LogP) is 2.56. The number of halogens is 1. The number of benzene rings is 1. The van der Waals surface area contributed by atoms with Gasteiger partial charge in [-0.2, -0.15) is 0 Å². The van der Waals surface area contributed by atoms with Crippen LogP contribution in [-0.2, 0) is 16.0 Å². The molecular weight excluding hydrogens is 266 g/mol. The second-order valence-electron chi connectivity index (χ2n) is 4.73. The van der Waals surface area contributed by atoms with Gasteiger partial charge >= 0.3 is 5.97 Å². The molecule has 0 radical (unpaired) electrons. The topological polar surface area (TPSA) is 61.5 Å². The number of nitrogens with two attached hydrogens (primary N) is 1. The molecule has 0 saturated carbocycles. The van der Waals surface area contributed by atoms with E-state index in [0.29, 0.717) is 17.2 Å². The third kappa shape index (κ3) is 5.49. The van der Waals surface area contributed by atoms with Crippen LogP contribution in [0.25, 0.3) is 0 Å². The maximum absolute atomic E-state index is 11.4. The summed E-state index contributed by atoms with van der Waals surface area (Å²) in [7, 11) is 0. The van der Waals surface area contributed by atoms with Gasteiger partial charge in [-0.05, 0) is 39.3 Å². The molecule has 1 atom stereocenters. The van der Waals surface area contributed by atoms with E-state index in [2.05, 4.69) is 0 Å². The Hall–Kier alpha value is -1.26. The van der Waals surface area contributed by atoms with Gasteiger partial charge < -0.3 is 15.2 Å². The molecular formula is C14H20ClNO3. The van der Waals surface area contributed by atoms with Gasteiger partial charge in [0.2, 0.25) is 0 Å². The molecule has 2 N–H and O–H groups in total. The first-order chi connectivity index (χ1) is 8.90. The molecule has 0 bridgehead atoms. The minimum atomic E-state index is -0.401. The average molecular weight is 286 g/mol. The molecule has 106 valence electrons. The predicted molar refractivity (Wildman–Crippen MR) is 75.5 cm³/mol. The number of carbonyl (C=O) groups is 1. The van der Waals surface area contributed by atoms with Crippen molar-refractivity contribution in [2.24, 2.45) is 5.73 Å². The Kier molecular flexibility index (Phi) is 6.12. The Morgan fingerprint density at radius 3 is 2.63 bits per heavy atom. The van der Waals surface area contributed by atoms with Crippen LogP contribution in [0.1, 0.15) is 26.3 Å². The van der Waals surface area contributed by atoms with E-state index in [1.54, 1.807) is 32.0 Å². The first kappa shape index (κ1) is 15.8. The molecule has 0 aliphatic rings. The molecule has 1 aromatic carbocycles. The lowest BCUT2D eigenvalue weighted by Crippen LogP contribution is -2.21. The molecule has 4 nitrogen and oxygen atoms in total. The lowest BCUT2D eigenvalue weighted by atomic mass is 10.1. The van der Waals surface area contributed by atoms with Crippen LogP contribution in [0, 0.1) is 0 Å². The van der Waals surface area contributed by atoms with Crippen LogP contribution in [0.4, 0.5) is 0 Å². The Morgan fingerprint density at radius 2 is 2.05 bits per heavy atom. The van der Waals surface area contributed by atoms with Crippen molar-refractivity contribution >= 4 is 17.6 Å². The van der Waals surface area contributed by atoms with Crippen LogP contribution in [0.2, 0.25) is 5.02 Å². The van der Waals surface area contributed by atoms with E-state index in [1.165, 1.54) is 0 Å². The van der Waals surface area contributed by atoms with Crippen LogP contribution >= 0.6 is 11.6 Å². The highest BCUT2D eigenvalue weighted by atomic mass is 35.5. The fraction of sp³-hybridized carbons (Fsp3) is 0.500. The summed E-state index contributed by atoms with van der Waals surface area (Å²) in [5.41, 5.74) is 6.59. The third-order valence-corrected chi connectivity index (χ3v) is 2.67. The monoisotopic (exact) mass is 285 g/mol. The van der Waals surface area contributed by atoms with Gasteiger partial charge in [0.1, 0.15) is 5.75 Å². The molecule has 0 fully saturated rings. The van der Waals surface area contributed by atoms with Crippen LogP contribution in [0.5, 0.6) is 5.75 Å². The van der Waals surface area contributed by atoms with Crippen LogP contribution in [0.3, 0.4) is 0 Å². The van der Waals surface area contributed by atoms with Crippen LogP contribution in [-0.4, -0.2) is 24.7 Å². The van der Waals surface area contributed by atoms with Crippen LogP contribution in [0.15, 0.2) is 18.2 Å². The van der Waals surface area contributed by atoms with Crippen molar-refractivity contribution < 1.29 is 14.3 Å². The molecule has 19 heavy (non-hydrogen) atoms. The molecule has 0 aromatic heterocycles. The molecule has 0 saturated heterocycles. The van der Waals surface area contributed by atoms with Crippen molar-refractivity contribution in [1.29, 1.82) is 0 Å². The number of esters is 1. The molecule has 0 aliphatic heterocycles. The number of carbonyl (C=O) groups excluding carboxylic acids is 1. The fourth-order valence-electron chi connectivity index (χ4n) is 1.63. The third-order valence-electron chi connectivity index (χ3n) is 2.31. The smallest absolute Gasteiger partial charge is 0.344 e. The number of ether oxygens (including phenoxy) is 2. The molecule has 0 amide bonds. The summed E-state index contributed by atoms with van der Waals surface area (Å²) in [6.45, 7) is 5.34. The van der Waals surface area contributed by atoms with Crippen molar-refractivity contribution in [2.75, 3.05) is 6.61 Å². The summed E-state index contributed by atoms with van der Waals surface area (Å²) in [6, 6.07) is 5.28. The number of rotatable bonds is 6. The average Bonchev–Trinajstić information content (AvgIpc) is 2.28. The van der Waals surface area contributed by atoms with Crippen molar-refractivity contribution in [2.45, 2.75) is 39.3 Å². The minimum absolute atomic E-state index is 0.0372. The highest BCUT2D eigenvalue weighted by molar-refractivity contribution is 6.31. The van der Waals surface area contributed by atoms with Gasteiger partial charge in [0.05, 0.1) is 6.10 Å². The summed E-state index contributed by atoms with van der Waals surface area (Å²) in [5, 5.41) is 0.590. The maximum Gasteiger partial charge on any atom is 0.344 e. The van der Waals surface area contributed by atoms with Crippen molar-refractivity contribution in [1.82, 2.24) is 0 Å². The summed E-state index contributed by atoms with van der Waals surface area (Å²) < 4.78 is 10.5. The van der Waals surface area contributed by atoms with Gasteiger partial charge in [-0.1, -0.05) is 17.7 Å². The second-order valence-corrected chi connectivity index (χ2v) is 5.13. The second kappa shape index (κ2) is 7.36. The fourth-order valence-corrected chi connectivity index (χ4v) is 1.87. The van der Waals surface area contributed by atoms with E-state index in [1.807, 2.05) is 6.92 Å². The largest absolute Gasteiger partial charge is 0.482 e. The van der Waals surface area contributed by atoms with E-state index in [4.69, 9.17) is 26.8 Å². The van der Waals surface area contributed by atoms with Gasteiger partial charge in [0.25, 0.3) is 0 Å². The van der Waals surface area contributed by atoms with Crippen LogP contribution < -0.4 is 10.5 Å². The summed E-state index contributed by atoms with van der Waals surface area (Å²) >= 11 is 6.12. The van der Waals surface area contributed by atoms with E-state index >= 15 is 0 Å². The number of hydrogen-bond acceptors (Lipinski definition) is 4. The molecule has 0 aliphatic carbocycles. The number of hydrogen-bond donors (Lipinski definition) is 1. The van der Waals surface area contributed by atoms with Gasteiger partial charge in [-0.3, -0.25) is 0 Å². The zero-order chi connectivity index (χ0) is 14.4. The summed E-state index contributed by atoms with van der Waals surface area (Å²) in [4.78, 5) is 11.4. The molecule has 1 rings (SSSR count). The Labute approximate surface area is 118 Å². The Morgan fingerprint density at radius 1 is 1.37 bits per heavy atom. The van der Waals surface area contributed by atoms with E-state index in [-0.39, 0.29) is 18.8 Å². The Balaban J connectivity index is 2.72. The van der Waals surface area contributed by atoms with Gasteiger partial charge in [0.15, 0.2) is 6.61 Å². The molecule has 1 aromatic rings. The molecule has 1 unspecified atom stereocenters. The highest BCUT2D eigenvalue weighted by Crippen LogP contribution is 2.27. The zero-order valence-electron chi connectivity index (χ0n) is 11.5. The van der Waals surface area contributed by atoms with Crippen molar-refractivity contribution in [3.63, 3.8) is 0 Å². The first-order valence-corrected chi connectivity index (χ1v) is 6.63. The zero-order valence-corrected chi connectivity index (χ0v) is 12.2. The maximum atomic E-state index is 11.4. The molecule has 5 heteroatoms. The SMILES string of the molecule is CC(N)Cc1c(Cl)cccc1OCC(=O)OC(C)C. The Bertz CT molecular complexity index is 433. The minimum Gasteiger partial charge on any atom is -0.482 e. The van der Waals surface area contributed by atoms with E-state index in [0.717, 1.165) is 5.56 Å². The van der Waals surface area contributed by atoms with Crippen molar-refractivity contribution in [3.05, 3.63) is 28.8 Å². The standard InChI is InChI=1S/C14H20ClNO3/c1-9(2)19-14(17)8-18-13-6-4-5-12(15)11(13)7-10(3)16/h4-6,9-10H,7-8,16H2,1-3H3. The van der Waals surface area contributed by atoms with Crippen molar-refractivity contribution in [3.8, 4) is 5.75 Å². The first-order valence-electron chi connectivity index (χ1n) is 6.25. The highest BCUT2D eigenvalue weighted by Gasteiger charge is 2.13. The summed E-state index contributed by atoms with van der Waals surface area (Å²) in [6.07, 6.45) is 0.438. The quantitative estimate of drug-likeness (QED) is 0.816. The van der Waals surface area contributed by atoms with Gasteiger partial charge in [0, 0.05) is 16.6 Å².